The third-order valence-corrected chi connectivity index (χ3v) is 8.66. The predicted octanol–water partition coefficient (Wildman–Crippen LogP) is 4.06. The van der Waals surface area contributed by atoms with Crippen LogP contribution in [0.4, 0.5) is 10.2 Å². The van der Waals surface area contributed by atoms with Gasteiger partial charge in [-0.25, -0.2) is 9.37 Å². The van der Waals surface area contributed by atoms with E-state index in [1.165, 1.54) is 24.2 Å². The summed E-state index contributed by atoms with van der Waals surface area (Å²) in [4.78, 5) is 33.8. The Hall–Kier alpha value is -3.51. The lowest BCUT2D eigenvalue weighted by Gasteiger charge is -2.21. The molecular formula is C27H30FN7O2S2. The number of amides is 2. The molecule has 1 aromatic carbocycles. The lowest BCUT2D eigenvalue weighted by Crippen LogP contribution is -2.31. The summed E-state index contributed by atoms with van der Waals surface area (Å²) in [5, 5.41) is 8.23. The minimum atomic E-state index is -0.442. The number of hydrogen-bond acceptors (Lipinski definition) is 7. The zero-order valence-electron chi connectivity index (χ0n) is 22.2. The van der Waals surface area contributed by atoms with E-state index in [9.17, 15) is 14.0 Å². The van der Waals surface area contributed by atoms with Crippen LogP contribution in [0.3, 0.4) is 0 Å². The maximum absolute atomic E-state index is 14.9. The quantitative estimate of drug-likeness (QED) is 0.310. The molecule has 1 atom stereocenters. The fourth-order valence-electron chi connectivity index (χ4n) is 4.83. The minimum absolute atomic E-state index is 0.0175. The molecule has 2 amide bonds. The highest BCUT2D eigenvalue weighted by atomic mass is 32.2. The van der Waals surface area contributed by atoms with Gasteiger partial charge in [0.15, 0.2) is 0 Å². The van der Waals surface area contributed by atoms with Gasteiger partial charge < -0.3 is 19.5 Å². The largest absolute Gasteiger partial charge is 0.355 e. The Labute approximate surface area is 234 Å². The van der Waals surface area contributed by atoms with Crippen LogP contribution in [0.5, 0.6) is 0 Å². The molecule has 0 saturated carbocycles. The molecule has 1 saturated heterocycles. The molecule has 39 heavy (non-hydrogen) atoms. The predicted molar refractivity (Wildman–Crippen MR) is 152 cm³/mol. The van der Waals surface area contributed by atoms with Crippen molar-refractivity contribution in [2.45, 2.75) is 29.7 Å². The van der Waals surface area contributed by atoms with E-state index in [-0.39, 0.29) is 24.3 Å². The van der Waals surface area contributed by atoms with Gasteiger partial charge in [-0.2, -0.15) is 5.10 Å². The molecule has 1 fully saturated rings. The molecular weight excluding hydrogens is 537 g/mol. The van der Waals surface area contributed by atoms with Crippen molar-refractivity contribution in [3.8, 4) is 0 Å². The van der Waals surface area contributed by atoms with Crippen molar-refractivity contribution in [1.29, 1.82) is 0 Å². The van der Waals surface area contributed by atoms with Gasteiger partial charge in [0.2, 0.25) is 5.91 Å². The van der Waals surface area contributed by atoms with E-state index in [1.54, 1.807) is 18.0 Å². The van der Waals surface area contributed by atoms with Crippen molar-refractivity contribution in [1.82, 2.24) is 29.4 Å². The standard InChI is InChI=1S/C27H30FN7O2S2/c1-16-24(39-19-5-6-22-18(11-19)13-31-34(22)3)12-23(33(16)2)27(37)30-14-20-21(28)7-9-29-25(20)35-10-8-17(15-35)26(36)32-38-4/h5-7,9,11-13,17H,8,10,14-15H2,1-4H3,(H,30,37)(H,32,36). The zero-order chi connectivity index (χ0) is 27.7. The number of anilines is 1. The first-order chi connectivity index (χ1) is 18.8. The Morgan fingerprint density at radius 3 is 2.82 bits per heavy atom. The van der Waals surface area contributed by atoms with Crippen LogP contribution in [-0.4, -0.2) is 50.5 Å². The summed E-state index contributed by atoms with van der Waals surface area (Å²) in [7, 11) is 3.76. The van der Waals surface area contributed by atoms with Crippen LogP contribution in [-0.2, 0) is 25.4 Å². The normalized spacial score (nSPS) is 15.2. The molecule has 0 aliphatic carbocycles. The number of fused-ring (bicyclic) bond motifs is 1. The molecule has 3 aromatic heterocycles. The molecule has 12 heteroatoms. The van der Waals surface area contributed by atoms with Crippen LogP contribution in [0, 0.1) is 18.7 Å². The van der Waals surface area contributed by atoms with E-state index in [1.807, 2.05) is 59.6 Å². The molecule has 1 aliphatic rings. The van der Waals surface area contributed by atoms with Crippen LogP contribution in [0.2, 0.25) is 0 Å². The topological polar surface area (TPSA) is 97.1 Å². The summed E-state index contributed by atoms with van der Waals surface area (Å²) in [6.07, 6.45) is 5.71. The number of rotatable bonds is 8. The summed E-state index contributed by atoms with van der Waals surface area (Å²) in [6.45, 7) is 2.99. The Morgan fingerprint density at radius 1 is 1.21 bits per heavy atom. The first-order valence-corrected chi connectivity index (χ1v) is 14.6. The first-order valence-electron chi connectivity index (χ1n) is 12.5. The van der Waals surface area contributed by atoms with E-state index >= 15 is 0 Å². The smallest absolute Gasteiger partial charge is 0.268 e. The fourth-order valence-corrected chi connectivity index (χ4v) is 6.23. The van der Waals surface area contributed by atoms with E-state index in [2.05, 4.69) is 26.2 Å². The molecule has 1 aliphatic heterocycles. The van der Waals surface area contributed by atoms with Crippen LogP contribution >= 0.6 is 23.7 Å². The maximum Gasteiger partial charge on any atom is 0.268 e. The van der Waals surface area contributed by atoms with Crippen LogP contribution < -0.4 is 14.9 Å². The van der Waals surface area contributed by atoms with Gasteiger partial charge in [0.05, 0.1) is 17.6 Å². The highest BCUT2D eigenvalue weighted by Crippen LogP contribution is 2.34. The first kappa shape index (κ1) is 27.1. The van der Waals surface area contributed by atoms with Gasteiger partial charge in [0.25, 0.3) is 5.91 Å². The number of pyridine rings is 1. The van der Waals surface area contributed by atoms with Gasteiger partial charge in [0.1, 0.15) is 17.3 Å². The highest BCUT2D eigenvalue weighted by molar-refractivity contribution is 7.99. The second-order valence-electron chi connectivity index (χ2n) is 9.51. The maximum atomic E-state index is 14.9. The number of nitrogens with one attached hydrogen (secondary N) is 2. The van der Waals surface area contributed by atoms with E-state index in [4.69, 9.17) is 0 Å². The number of nitrogens with zero attached hydrogens (tertiary/aromatic N) is 5. The molecule has 9 nitrogen and oxygen atoms in total. The highest BCUT2D eigenvalue weighted by Gasteiger charge is 2.31. The van der Waals surface area contributed by atoms with Crippen molar-refractivity contribution in [2.24, 2.45) is 20.0 Å². The van der Waals surface area contributed by atoms with Gasteiger partial charge in [-0.15, -0.1) is 0 Å². The summed E-state index contributed by atoms with van der Waals surface area (Å²) >= 11 is 2.85. The van der Waals surface area contributed by atoms with Gasteiger partial charge in [-0.1, -0.05) is 23.7 Å². The average Bonchev–Trinajstić information content (AvgIpc) is 3.63. The second kappa shape index (κ2) is 11.3. The number of benzene rings is 1. The van der Waals surface area contributed by atoms with Crippen molar-refractivity contribution in [2.75, 3.05) is 24.2 Å². The zero-order valence-corrected chi connectivity index (χ0v) is 23.8. The molecule has 4 heterocycles. The van der Waals surface area contributed by atoms with Crippen molar-refractivity contribution >= 4 is 52.2 Å². The average molecular weight is 568 g/mol. The van der Waals surface area contributed by atoms with E-state index < -0.39 is 5.82 Å². The van der Waals surface area contributed by atoms with Gasteiger partial charge in [-0.05, 0) is 43.7 Å². The van der Waals surface area contributed by atoms with Crippen molar-refractivity contribution < 1.29 is 14.0 Å². The SMILES string of the molecule is CSNC(=O)C1CCN(c2nccc(F)c2CNC(=O)c2cc(Sc3ccc4c(cnn4C)c3)c(C)n2C)C1. The number of aromatic nitrogens is 4. The Bertz CT molecular complexity index is 1550. The summed E-state index contributed by atoms with van der Waals surface area (Å²) in [6, 6.07) is 9.31. The van der Waals surface area contributed by atoms with Crippen LogP contribution in [0.1, 0.15) is 28.2 Å². The Balaban J connectivity index is 1.30. The van der Waals surface area contributed by atoms with Crippen LogP contribution in [0.25, 0.3) is 10.9 Å². The van der Waals surface area contributed by atoms with Gasteiger partial charge >= 0.3 is 0 Å². The third kappa shape index (κ3) is 5.48. The Kier molecular flexibility index (Phi) is 7.85. The third-order valence-electron chi connectivity index (χ3n) is 7.13. The second-order valence-corrected chi connectivity index (χ2v) is 11.2. The van der Waals surface area contributed by atoms with Crippen molar-refractivity contribution in [3.63, 3.8) is 0 Å². The lowest BCUT2D eigenvalue weighted by atomic mass is 10.1. The van der Waals surface area contributed by atoms with E-state index in [0.29, 0.717) is 36.6 Å². The number of aryl methyl sites for hydroxylation is 1. The molecule has 2 N–H and O–H groups in total. The molecule has 0 radical (unpaired) electrons. The molecule has 5 rings (SSSR count). The van der Waals surface area contributed by atoms with Gasteiger partial charge in [-0.3, -0.25) is 14.3 Å². The molecule has 204 valence electrons. The monoisotopic (exact) mass is 567 g/mol. The van der Waals surface area contributed by atoms with E-state index in [0.717, 1.165) is 26.4 Å². The number of carbonyl (C=O) groups excluding carboxylic acids is 2. The fraction of sp³-hybridized carbons (Fsp3) is 0.333. The molecule has 4 aromatic rings. The summed E-state index contributed by atoms with van der Waals surface area (Å²) in [5.74, 6) is -0.513. The van der Waals surface area contributed by atoms with Crippen LogP contribution in [0.15, 0.2) is 52.5 Å². The van der Waals surface area contributed by atoms with Gasteiger partial charge in [0, 0.05) is 72.6 Å². The Morgan fingerprint density at radius 2 is 2.03 bits per heavy atom. The summed E-state index contributed by atoms with van der Waals surface area (Å²) < 4.78 is 21.4. The number of carbonyl (C=O) groups is 2. The number of hydrogen-bond donors (Lipinski definition) is 2. The molecule has 0 spiro atoms. The number of halogens is 1. The van der Waals surface area contributed by atoms with Crippen molar-refractivity contribution in [3.05, 3.63) is 65.5 Å². The lowest BCUT2D eigenvalue weighted by molar-refractivity contribution is -0.122. The summed E-state index contributed by atoms with van der Waals surface area (Å²) in [5.41, 5.74) is 2.80. The molecule has 0 bridgehead atoms. The molecule has 1 unspecified atom stereocenters. The minimum Gasteiger partial charge on any atom is -0.355 e.